The molecule has 1 aromatic carbocycles. The molecule has 2 aromatic rings. The molecule has 0 atom stereocenters. The van der Waals surface area contributed by atoms with Gasteiger partial charge in [-0.3, -0.25) is 4.79 Å². The van der Waals surface area contributed by atoms with Gasteiger partial charge in [0.25, 0.3) is 0 Å². The van der Waals surface area contributed by atoms with Gasteiger partial charge in [0, 0.05) is 18.0 Å². The maximum Gasteiger partial charge on any atom is 0.191 e. The number of ether oxygens (including phenoxy) is 1. The zero-order chi connectivity index (χ0) is 12.8. The van der Waals surface area contributed by atoms with E-state index in [9.17, 15) is 4.79 Å². The van der Waals surface area contributed by atoms with E-state index in [1.807, 2.05) is 36.6 Å². The van der Waals surface area contributed by atoms with Crippen LogP contribution in [0.25, 0.3) is 0 Å². The number of rotatable bonds is 6. The topological polar surface area (TPSA) is 39.2 Å². The average Bonchev–Trinajstić information content (AvgIpc) is 2.92. The molecule has 0 amide bonds. The van der Waals surface area contributed by atoms with E-state index in [1.165, 1.54) is 11.3 Å². The second-order valence-electron chi connectivity index (χ2n) is 3.84. The first-order valence-electron chi connectivity index (χ1n) is 5.94. The number of thiazole rings is 1. The van der Waals surface area contributed by atoms with Gasteiger partial charge in [-0.25, -0.2) is 4.98 Å². The molecule has 0 aliphatic carbocycles. The lowest BCUT2D eigenvalue weighted by Gasteiger charge is -2.04. The Labute approximate surface area is 110 Å². The highest BCUT2D eigenvalue weighted by molar-refractivity contribution is 7.11. The molecule has 0 saturated heterocycles. The first-order valence-corrected chi connectivity index (χ1v) is 6.82. The molecule has 0 N–H and O–H groups in total. The minimum atomic E-state index is 0.110. The molecule has 0 saturated carbocycles. The van der Waals surface area contributed by atoms with E-state index >= 15 is 0 Å². The van der Waals surface area contributed by atoms with Crippen molar-refractivity contribution in [2.24, 2.45) is 0 Å². The molecule has 0 unspecified atom stereocenters. The van der Waals surface area contributed by atoms with Crippen LogP contribution in [0.2, 0.25) is 0 Å². The van der Waals surface area contributed by atoms with E-state index < -0.39 is 0 Å². The maximum absolute atomic E-state index is 11.8. The normalized spacial score (nSPS) is 10.3. The van der Waals surface area contributed by atoms with Crippen molar-refractivity contribution in [3.8, 4) is 5.75 Å². The van der Waals surface area contributed by atoms with Gasteiger partial charge in [-0.2, -0.15) is 0 Å². The third-order valence-corrected chi connectivity index (χ3v) is 3.36. The standard InChI is InChI=1S/C14H15NO2S/c1-2-17-12-6-3-11(4-7-12)5-8-13(16)14-15-9-10-18-14/h3-4,6-7,9-10H,2,5,8H2,1H3. The number of benzene rings is 1. The van der Waals surface area contributed by atoms with Gasteiger partial charge in [0.05, 0.1) is 6.61 Å². The Morgan fingerprint density at radius 3 is 2.72 bits per heavy atom. The van der Waals surface area contributed by atoms with Crippen molar-refractivity contribution in [3.05, 3.63) is 46.4 Å². The quantitative estimate of drug-likeness (QED) is 0.748. The van der Waals surface area contributed by atoms with Gasteiger partial charge in [0.1, 0.15) is 5.75 Å². The molecule has 2 rings (SSSR count). The summed E-state index contributed by atoms with van der Waals surface area (Å²) < 4.78 is 5.37. The first kappa shape index (κ1) is 12.8. The Hall–Kier alpha value is -1.68. The number of aryl methyl sites for hydroxylation is 1. The molecule has 1 heterocycles. The highest BCUT2D eigenvalue weighted by atomic mass is 32.1. The first-order chi connectivity index (χ1) is 8.79. The predicted octanol–water partition coefficient (Wildman–Crippen LogP) is 3.36. The third kappa shape index (κ3) is 3.40. The van der Waals surface area contributed by atoms with Crippen LogP contribution >= 0.6 is 11.3 Å². The Kier molecular flexibility index (Phi) is 4.47. The molecule has 4 heteroatoms. The summed E-state index contributed by atoms with van der Waals surface area (Å²) in [4.78, 5) is 15.8. The summed E-state index contributed by atoms with van der Waals surface area (Å²) in [6.07, 6.45) is 2.90. The van der Waals surface area contributed by atoms with Gasteiger partial charge < -0.3 is 4.74 Å². The Morgan fingerprint density at radius 2 is 2.11 bits per heavy atom. The number of carbonyl (C=O) groups is 1. The molecule has 18 heavy (non-hydrogen) atoms. The van der Waals surface area contributed by atoms with Crippen LogP contribution in [0.3, 0.4) is 0 Å². The molecular formula is C14H15NO2S. The summed E-state index contributed by atoms with van der Waals surface area (Å²) in [7, 11) is 0. The van der Waals surface area contributed by atoms with Crippen LogP contribution in [0.4, 0.5) is 0 Å². The molecule has 0 fully saturated rings. The molecule has 0 bridgehead atoms. The second kappa shape index (κ2) is 6.31. The molecule has 1 aromatic heterocycles. The maximum atomic E-state index is 11.8. The minimum Gasteiger partial charge on any atom is -0.494 e. The van der Waals surface area contributed by atoms with Crippen molar-refractivity contribution in [3.63, 3.8) is 0 Å². The van der Waals surface area contributed by atoms with Crippen LogP contribution in [0.5, 0.6) is 5.75 Å². The van der Waals surface area contributed by atoms with E-state index in [1.54, 1.807) is 6.20 Å². The molecule has 94 valence electrons. The number of Topliss-reactive ketones (excluding diaryl/α,β-unsaturated/α-hetero) is 1. The fourth-order valence-corrected chi connectivity index (χ4v) is 2.25. The summed E-state index contributed by atoms with van der Waals surface area (Å²) in [5.74, 6) is 0.978. The lowest BCUT2D eigenvalue weighted by atomic mass is 10.1. The fourth-order valence-electron chi connectivity index (χ4n) is 1.64. The lowest BCUT2D eigenvalue weighted by Crippen LogP contribution is -2.00. The zero-order valence-corrected chi connectivity index (χ0v) is 11.1. The lowest BCUT2D eigenvalue weighted by molar-refractivity contribution is 0.0982. The second-order valence-corrected chi connectivity index (χ2v) is 4.73. The molecule has 0 spiro atoms. The van der Waals surface area contributed by atoms with Crippen molar-refractivity contribution < 1.29 is 9.53 Å². The fraction of sp³-hybridized carbons (Fsp3) is 0.286. The number of carbonyl (C=O) groups excluding carboxylic acids is 1. The largest absolute Gasteiger partial charge is 0.494 e. The van der Waals surface area contributed by atoms with Gasteiger partial charge in [-0.05, 0) is 31.0 Å². The number of aromatic nitrogens is 1. The van der Waals surface area contributed by atoms with Gasteiger partial charge >= 0.3 is 0 Å². The van der Waals surface area contributed by atoms with Gasteiger partial charge in [-0.1, -0.05) is 12.1 Å². The smallest absolute Gasteiger partial charge is 0.191 e. The van der Waals surface area contributed by atoms with Crippen LogP contribution < -0.4 is 4.74 Å². The minimum absolute atomic E-state index is 0.110. The van der Waals surface area contributed by atoms with E-state index in [0.717, 1.165) is 17.7 Å². The summed E-state index contributed by atoms with van der Waals surface area (Å²) in [5, 5.41) is 2.42. The van der Waals surface area contributed by atoms with Crippen LogP contribution in [-0.4, -0.2) is 17.4 Å². The average molecular weight is 261 g/mol. The molecular weight excluding hydrogens is 246 g/mol. The summed E-state index contributed by atoms with van der Waals surface area (Å²) >= 11 is 1.39. The zero-order valence-electron chi connectivity index (χ0n) is 10.3. The van der Waals surface area contributed by atoms with E-state index in [2.05, 4.69) is 4.98 Å². The Bertz CT molecular complexity index is 491. The number of ketones is 1. The van der Waals surface area contributed by atoms with Crippen LogP contribution in [0, 0.1) is 0 Å². The third-order valence-electron chi connectivity index (χ3n) is 2.55. The summed E-state index contributed by atoms with van der Waals surface area (Å²) in [6, 6.07) is 7.87. The molecule has 0 radical (unpaired) electrons. The molecule has 0 aliphatic rings. The monoisotopic (exact) mass is 261 g/mol. The van der Waals surface area contributed by atoms with E-state index in [4.69, 9.17) is 4.74 Å². The van der Waals surface area contributed by atoms with Crippen LogP contribution in [0.1, 0.15) is 28.7 Å². The van der Waals surface area contributed by atoms with Crippen molar-refractivity contribution in [2.75, 3.05) is 6.61 Å². The number of hydrogen-bond acceptors (Lipinski definition) is 4. The number of hydrogen-bond donors (Lipinski definition) is 0. The van der Waals surface area contributed by atoms with E-state index in [0.29, 0.717) is 18.0 Å². The van der Waals surface area contributed by atoms with Crippen LogP contribution in [-0.2, 0) is 6.42 Å². The van der Waals surface area contributed by atoms with Gasteiger partial charge in [0.2, 0.25) is 0 Å². The van der Waals surface area contributed by atoms with Crippen molar-refractivity contribution in [2.45, 2.75) is 19.8 Å². The molecule has 0 aliphatic heterocycles. The number of nitrogens with zero attached hydrogens (tertiary/aromatic N) is 1. The van der Waals surface area contributed by atoms with Crippen molar-refractivity contribution in [1.82, 2.24) is 4.98 Å². The summed E-state index contributed by atoms with van der Waals surface area (Å²) in [6.45, 7) is 2.63. The Morgan fingerprint density at radius 1 is 1.33 bits per heavy atom. The Balaban J connectivity index is 1.88. The highest BCUT2D eigenvalue weighted by Crippen LogP contribution is 2.15. The van der Waals surface area contributed by atoms with Gasteiger partial charge in [-0.15, -0.1) is 11.3 Å². The highest BCUT2D eigenvalue weighted by Gasteiger charge is 2.08. The SMILES string of the molecule is CCOc1ccc(CCC(=O)c2nccs2)cc1. The summed E-state index contributed by atoms with van der Waals surface area (Å²) in [5.41, 5.74) is 1.14. The van der Waals surface area contributed by atoms with Crippen molar-refractivity contribution >= 4 is 17.1 Å². The van der Waals surface area contributed by atoms with Crippen molar-refractivity contribution in [1.29, 1.82) is 0 Å². The molecule has 3 nitrogen and oxygen atoms in total. The van der Waals surface area contributed by atoms with E-state index in [-0.39, 0.29) is 5.78 Å². The van der Waals surface area contributed by atoms with Gasteiger partial charge in [0.15, 0.2) is 10.8 Å². The van der Waals surface area contributed by atoms with Crippen LogP contribution in [0.15, 0.2) is 35.8 Å². The predicted molar refractivity (Wildman–Crippen MR) is 72.4 cm³/mol.